The van der Waals surface area contributed by atoms with Crippen molar-refractivity contribution in [1.82, 2.24) is 0 Å². The fourth-order valence-electron chi connectivity index (χ4n) is 3.52. The number of hydrogen-bond donors (Lipinski definition) is 0. The Kier molecular flexibility index (Phi) is 6.97. The Hall–Kier alpha value is 0.360. The van der Waals surface area contributed by atoms with Crippen molar-refractivity contribution in [3.63, 3.8) is 0 Å². The number of hydrogen-bond acceptors (Lipinski definition) is 2. The zero-order chi connectivity index (χ0) is 12.5. The maximum atomic E-state index is 6.11. The summed E-state index contributed by atoms with van der Waals surface area (Å²) in [5.74, 6) is 0. The third-order valence-corrected chi connectivity index (χ3v) is 4.50. The van der Waals surface area contributed by atoms with E-state index in [2.05, 4.69) is 19.1 Å². The van der Waals surface area contributed by atoms with Crippen LogP contribution in [0.2, 0.25) is 0 Å². The average Bonchev–Trinajstić information content (AvgIpc) is 2.93. The standard InChI is InChI=1S/C14H20BNO2.2Li/c1-2-3-9-16-10-12-17-15(16,18-13-11-16)14-7-5-4-6-8-14;;/h4-5,8H,2-3,9-13H2,1H3;;/q-2;2*+1. The molecule has 3 rings (SSSR count). The smallest absolute Gasteiger partial charge is 0.519 e. The summed E-state index contributed by atoms with van der Waals surface area (Å²) < 4.78 is 13.2. The Morgan fingerprint density at radius 3 is 2.45 bits per heavy atom. The number of fused-ring (bicyclic) bond motifs is 1. The molecule has 0 unspecified atom stereocenters. The summed E-state index contributed by atoms with van der Waals surface area (Å²) in [7, 11) is 0. The number of rotatable bonds is 4. The third-order valence-electron chi connectivity index (χ3n) is 4.50. The zero-order valence-corrected chi connectivity index (χ0v) is 13.0. The van der Waals surface area contributed by atoms with E-state index in [1.807, 2.05) is 18.2 Å². The van der Waals surface area contributed by atoms with Crippen LogP contribution in [0.3, 0.4) is 0 Å². The van der Waals surface area contributed by atoms with Crippen molar-refractivity contribution in [3.8, 4) is 0 Å². The van der Waals surface area contributed by atoms with E-state index in [0.29, 0.717) is 0 Å². The molecule has 0 radical (unpaired) electrons. The average molecular weight is 259 g/mol. The molecule has 2 aliphatic rings. The van der Waals surface area contributed by atoms with Gasteiger partial charge in [0.05, 0.1) is 26.3 Å². The van der Waals surface area contributed by atoms with Crippen molar-refractivity contribution in [2.24, 2.45) is 0 Å². The minimum absolute atomic E-state index is 0. The van der Waals surface area contributed by atoms with E-state index in [1.54, 1.807) is 0 Å². The molecule has 6 heteroatoms. The molecule has 0 aliphatic carbocycles. The summed E-state index contributed by atoms with van der Waals surface area (Å²) in [4.78, 5) is 0. The van der Waals surface area contributed by atoms with Crippen LogP contribution < -0.4 is 43.2 Å². The molecule has 3 nitrogen and oxygen atoms in total. The molecule has 1 aromatic carbocycles. The van der Waals surface area contributed by atoms with E-state index >= 15 is 0 Å². The topological polar surface area (TPSA) is 18.5 Å². The predicted octanol–water partition coefficient (Wildman–Crippen LogP) is -4.88. The van der Waals surface area contributed by atoms with Gasteiger partial charge in [-0.1, -0.05) is 13.3 Å². The Bertz CT molecular complexity index is 409. The van der Waals surface area contributed by atoms with Gasteiger partial charge in [-0.2, -0.15) is 0 Å². The molecule has 0 spiro atoms. The summed E-state index contributed by atoms with van der Waals surface area (Å²) in [5.41, 5.74) is 1.06. The largest absolute Gasteiger partial charge is 1.00 e. The molecule has 0 aromatic heterocycles. The van der Waals surface area contributed by atoms with Crippen molar-refractivity contribution >= 4 is 12.1 Å². The summed E-state index contributed by atoms with van der Waals surface area (Å²) in [6, 6.07) is 12.2. The van der Waals surface area contributed by atoms with E-state index in [0.717, 1.165) is 42.7 Å². The molecular weight excluding hydrogens is 239 g/mol. The van der Waals surface area contributed by atoms with Crippen LogP contribution in [0, 0.1) is 12.1 Å². The van der Waals surface area contributed by atoms with E-state index in [9.17, 15) is 0 Å². The van der Waals surface area contributed by atoms with Crippen LogP contribution in [0.15, 0.2) is 18.2 Å². The molecule has 1 aromatic rings. The van der Waals surface area contributed by atoms with Crippen LogP contribution in [0.5, 0.6) is 0 Å². The Morgan fingerprint density at radius 1 is 1.20 bits per heavy atom. The van der Waals surface area contributed by atoms with Gasteiger partial charge < -0.3 is 37.4 Å². The Labute approximate surface area is 146 Å². The SMILES string of the molecule is CCCC[N+]12CCO[B-]1(c1[c-]cc[c-]c1)OCC2.[Li+].[Li+]. The zero-order valence-electron chi connectivity index (χ0n) is 13.0. The van der Waals surface area contributed by atoms with Gasteiger partial charge in [-0.05, 0) is 6.42 Å². The summed E-state index contributed by atoms with van der Waals surface area (Å²) in [6.45, 7) is 5.76. The minimum atomic E-state index is -1.37. The van der Waals surface area contributed by atoms with Crippen molar-refractivity contribution in [2.75, 3.05) is 32.8 Å². The minimum Gasteiger partial charge on any atom is -0.519 e. The fourth-order valence-corrected chi connectivity index (χ4v) is 3.52. The number of unbranched alkanes of at least 4 members (excludes halogenated alkanes) is 1. The molecule has 2 heterocycles. The molecule has 98 valence electrons. The van der Waals surface area contributed by atoms with Gasteiger partial charge in [-0.15, -0.1) is 0 Å². The Balaban J connectivity index is 0.000001000. The van der Waals surface area contributed by atoms with Gasteiger partial charge in [0.15, 0.2) is 0 Å². The summed E-state index contributed by atoms with van der Waals surface area (Å²) in [6.07, 6.45) is 2.45. The van der Waals surface area contributed by atoms with Gasteiger partial charge in [0, 0.05) is 6.54 Å². The van der Waals surface area contributed by atoms with E-state index in [1.165, 1.54) is 12.8 Å². The van der Waals surface area contributed by atoms with Crippen molar-refractivity contribution in [3.05, 3.63) is 30.3 Å². The van der Waals surface area contributed by atoms with Gasteiger partial charge in [0.1, 0.15) is 0 Å². The van der Waals surface area contributed by atoms with Crippen LogP contribution in [0.25, 0.3) is 0 Å². The normalized spacial score (nSPS) is 31.2. The first-order chi connectivity index (χ1) is 8.83. The maximum Gasteiger partial charge on any atom is 1.00 e. The number of benzene rings is 1. The van der Waals surface area contributed by atoms with Crippen molar-refractivity contribution in [2.45, 2.75) is 19.8 Å². The number of quaternary nitrogens is 1. The number of nitrogens with zero attached hydrogens (tertiary/aromatic N) is 1. The maximum absolute atomic E-state index is 6.11. The third kappa shape index (κ3) is 2.81. The van der Waals surface area contributed by atoms with Gasteiger partial charge in [0.2, 0.25) is 0 Å². The van der Waals surface area contributed by atoms with Gasteiger partial charge in [-0.3, -0.25) is 12.1 Å². The molecule has 2 saturated heterocycles. The predicted molar refractivity (Wildman–Crippen MR) is 71.2 cm³/mol. The van der Waals surface area contributed by atoms with Crippen molar-refractivity contribution in [1.29, 1.82) is 0 Å². The molecular formula is C14H20BLi2NO2. The molecule has 0 atom stereocenters. The molecule has 0 amide bonds. The molecule has 0 N–H and O–H groups in total. The van der Waals surface area contributed by atoms with E-state index in [-0.39, 0.29) is 37.7 Å². The van der Waals surface area contributed by atoms with Crippen LogP contribution >= 0.6 is 0 Å². The monoisotopic (exact) mass is 259 g/mol. The first-order valence-corrected chi connectivity index (χ1v) is 6.99. The van der Waals surface area contributed by atoms with E-state index < -0.39 is 6.69 Å². The Morgan fingerprint density at radius 2 is 1.90 bits per heavy atom. The second-order valence-corrected chi connectivity index (χ2v) is 5.40. The molecule has 2 aliphatic heterocycles. The van der Waals surface area contributed by atoms with Gasteiger partial charge in [0.25, 0.3) is 0 Å². The van der Waals surface area contributed by atoms with Crippen LogP contribution in [0.4, 0.5) is 0 Å². The second-order valence-electron chi connectivity index (χ2n) is 5.40. The van der Waals surface area contributed by atoms with Gasteiger partial charge >= 0.3 is 44.4 Å². The van der Waals surface area contributed by atoms with Crippen LogP contribution in [-0.4, -0.2) is 43.9 Å². The van der Waals surface area contributed by atoms with E-state index in [4.69, 9.17) is 9.31 Å². The first kappa shape index (κ1) is 18.4. The molecule has 0 saturated carbocycles. The molecule has 0 bridgehead atoms. The molecule has 2 fully saturated rings. The molecule has 20 heavy (non-hydrogen) atoms. The van der Waals surface area contributed by atoms with Crippen LogP contribution in [-0.2, 0) is 9.31 Å². The van der Waals surface area contributed by atoms with Crippen LogP contribution in [0.1, 0.15) is 19.8 Å². The van der Waals surface area contributed by atoms with Gasteiger partial charge in [-0.25, -0.2) is 0 Å². The first-order valence-electron chi connectivity index (χ1n) is 6.99. The summed E-state index contributed by atoms with van der Waals surface area (Å²) >= 11 is 0. The quantitative estimate of drug-likeness (QED) is 0.399. The summed E-state index contributed by atoms with van der Waals surface area (Å²) in [5, 5.41) is 0. The fraction of sp³-hybridized carbons (Fsp3) is 0.571. The second kappa shape index (κ2) is 7.57. The van der Waals surface area contributed by atoms with Crippen molar-refractivity contribution < 1.29 is 51.4 Å².